The van der Waals surface area contributed by atoms with Gasteiger partial charge >= 0.3 is 12.1 Å². The van der Waals surface area contributed by atoms with Gasteiger partial charge in [0.15, 0.2) is 11.6 Å². The number of rotatable bonds is 5. The van der Waals surface area contributed by atoms with Gasteiger partial charge < -0.3 is 15.0 Å². The average Bonchev–Trinajstić information content (AvgIpc) is 3.54. The molecule has 0 atom stereocenters. The van der Waals surface area contributed by atoms with E-state index in [9.17, 15) is 9.59 Å². The minimum atomic E-state index is -0.623. The summed E-state index contributed by atoms with van der Waals surface area (Å²) in [7, 11) is 1.82. The number of aryl methyl sites for hydroxylation is 1. The predicted molar refractivity (Wildman–Crippen MR) is 131 cm³/mol. The topological polar surface area (TPSA) is 118 Å². The average molecular weight is 477 g/mol. The number of nitrogens with one attached hydrogen (secondary N) is 2. The second-order valence-electron chi connectivity index (χ2n) is 9.70. The van der Waals surface area contributed by atoms with Crippen molar-refractivity contribution in [1.82, 2.24) is 24.6 Å². The molecule has 0 unspecified atom stereocenters. The van der Waals surface area contributed by atoms with Crippen molar-refractivity contribution in [2.75, 3.05) is 15.5 Å². The molecule has 3 heterocycles. The van der Waals surface area contributed by atoms with E-state index < -0.39 is 11.7 Å². The van der Waals surface area contributed by atoms with Crippen LogP contribution in [0.4, 0.5) is 38.5 Å². The van der Waals surface area contributed by atoms with Gasteiger partial charge in [0, 0.05) is 42.8 Å². The molecule has 2 aliphatic rings. The molecule has 0 spiro atoms. The SMILES string of the molecule is Cn1ccc(Nc2ncc3c(n2)N(c2cccc(NC(=O)OC(C)(C)C)c2)C(=O)N(C2CC2)C3)n1. The summed E-state index contributed by atoms with van der Waals surface area (Å²) < 4.78 is 7.03. The summed E-state index contributed by atoms with van der Waals surface area (Å²) in [5.41, 5.74) is 1.31. The number of hydrogen-bond donors (Lipinski definition) is 2. The Balaban J connectivity index is 1.48. The number of carbonyl (C=O) groups is 2. The molecule has 35 heavy (non-hydrogen) atoms. The fourth-order valence-electron chi connectivity index (χ4n) is 3.88. The summed E-state index contributed by atoms with van der Waals surface area (Å²) in [6, 6.07) is 8.94. The highest BCUT2D eigenvalue weighted by molar-refractivity contribution is 6.02. The molecule has 1 aliphatic carbocycles. The fraction of sp³-hybridized carbons (Fsp3) is 0.375. The number of hydrogen-bond acceptors (Lipinski definition) is 7. The third kappa shape index (κ3) is 5.03. The van der Waals surface area contributed by atoms with Crippen LogP contribution in [0.1, 0.15) is 39.2 Å². The molecule has 1 fully saturated rings. The van der Waals surface area contributed by atoms with Crippen LogP contribution < -0.4 is 15.5 Å². The normalized spacial score (nSPS) is 15.6. The van der Waals surface area contributed by atoms with Crippen LogP contribution in [-0.4, -0.2) is 48.4 Å². The first-order chi connectivity index (χ1) is 16.7. The van der Waals surface area contributed by atoms with E-state index in [1.54, 1.807) is 54.7 Å². The molecule has 1 aromatic carbocycles. The van der Waals surface area contributed by atoms with E-state index in [4.69, 9.17) is 4.74 Å². The lowest BCUT2D eigenvalue weighted by atomic mass is 10.1. The fourth-order valence-corrected chi connectivity index (χ4v) is 3.88. The molecule has 11 heteroatoms. The van der Waals surface area contributed by atoms with E-state index in [-0.39, 0.29) is 12.1 Å². The van der Waals surface area contributed by atoms with E-state index in [0.717, 1.165) is 18.4 Å². The van der Waals surface area contributed by atoms with Gasteiger partial charge in [0.25, 0.3) is 0 Å². The number of nitrogens with zero attached hydrogens (tertiary/aromatic N) is 6. The van der Waals surface area contributed by atoms with E-state index in [0.29, 0.717) is 35.5 Å². The Morgan fingerprint density at radius 3 is 2.69 bits per heavy atom. The van der Waals surface area contributed by atoms with Crippen LogP contribution in [0.25, 0.3) is 0 Å². The number of ether oxygens (including phenoxy) is 1. The van der Waals surface area contributed by atoms with Crippen molar-refractivity contribution in [3.63, 3.8) is 0 Å². The van der Waals surface area contributed by atoms with Gasteiger partial charge in [-0.05, 0) is 51.8 Å². The first-order valence-electron chi connectivity index (χ1n) is 11.5. The Morgan fingerprint density at radius 1 is 1.20 bits per heavy atom. The van der Waals surface area contributed by atoms with E-state index in [1.165, 1.54) is 0 Å². The second-order valence-corrected chi connectivity index (χ2v) is 9.70. The molecule has 2 N–H and O–H groups in total. The molecule has 3 aromatic rings. The number of fused-ring (bicyclic) bond motifs is 1. The number of benzene rings is 1. The van der Waals surface area contributed by atoms with Gasteiger partial charge in [-0.1, -0.05) is 6.07 Å². The van der Waals surface area contributed by atoms with Crippen LogP contribution in [0.15, 0.2) is 42.7 Å². The number of urea groups is 1. The molecule has 0 bridgehead atoms. The largest absolute Gasteiger partial charge is 0.444 e. The van der Waals surface area contributed by atoms with Crippen LogP contribution >= 0.6 is 0 Å². The lowest BCUT2D eigenvalue weighted by molar-refractivity contribution is 0.0636. The van der Waals surface area contributed by atoms with Gasteiger partial charge in [-0.2, -0.15) is 10.1 Å². The first kappa shape index (κ1) is 22.6. The summed E-state index contributed by atoms with van der Waals surface area (Å²) in [6.45, 7) is 5.86. The first-order valence-corrected chi connectivity index (χ1v) is 11.5. The maximum atomic E-state index is 13.6. The Kier molecular flexibility index (Phi) is 5.54. The Morgan fingerprint density at radius 2 is 2.00 bits per heavy atom. The van der Waals surface area contributed by atoms with Crippen molar-refractivity contribution in [2.24, 2.45) is 7.05 Å². The van der Waals surface area contributed by atoms with Crippen LogP contribution in [0.3, 0.4) is 0 Å². The second kappa shape index (κ2) is 8.57. The minimum Gasteiger partial charge on any atom is -0.444 e. The van der Waals surface area contributed by atoms with Crippen LogP contribution in [0, 0.1) is 0 Å². The Bertz CT molecular complexity index is 1280. The predicted octanol–water partition coefficient (Wildman–Crippen LogP) is 4.54. The van der Waals surface area contributed by atoms with Crippen molar-refractivity contribution >= 4 is 41.1 Å². The quantitative estimate of drug-likeness (QED) is 0.555. The Labute approximate surface area is 203 Å². The molecular formula is C24H28N8O3. The molecule has 3 amide bonds. The zero-order valence-corrected chi connectivity index (χ0v) is 20.1. The molecule has 2 aromatic heterocycles. The maximum Gasteiger partial charge on any atom is 0.412 e. The number of carbonyl (C=O) groups excluding carboxylic acids is 2. The molecule has 5 rings (SSSR count). The molecular weight excluding hydrogens is 448 g/mol. The highest BCUT2D eigenvalue weighted by Gasteiger charge is 2.41. The number of anilines is 5. The monoisotopic (exact) mass is 476 g/mol. The highest BCUT2D eigenvalue weighted by atomic mass is 16.6. The summed E-state index contributed by atoms with van der Waals surface area (Å²) >= 11 is 0. The van der Waals surface area contributed by atoms with Crippen molar-refractivity contribution < 1.29 is 14.3 Å². The number of aromatic nitrogens is 4. The summed E-state index contributed by atoms with van der Waals surface area (Å²) in [6.07, 6.45) is 4.95. The smallest absolute Gasteiger partial charge is 0.412 e. The highest BCUT2D eigenvalue weighted by Crippen LogP contribution is 2.39. The van der Waals surface area contributed by atoms with E-state index >= 15 is 0 Å². The van der Waals surface area contributed by atoms with Crippen LogP contribution in [0.5, 0.6) is 0 Å². The summed E-state index contributed by atoms with van der Waals surface area (Å²) in [5.74, 6) is 1.43. The molecule has 0 saturated heterocycles. The van der Waals surface area contributed by atoms with Gasteiger partial charge in [-0.25, -0.2) is 19.5 Å². The molecule has 11 nitrogen and oxygen atoms in total. The third-order valence-corrected chi connectivity index (χ3v) is 5.52. The molecule has 1 saturated carbocycles. The van der Waals surface area contributed by atoms with Crippen LogP contribution in [-0.2, 0) is 18.3 Å². The molecule has 0 radical (unpaired) electrons. The lowest BCUT2D eigenvalue weighted by Crippen LogP contribution is -2.46. The van der Waals surface area contributed by atoms with Gasteiger partial charge in [-0.3, -0.25) is 10.00 Å². The van der Waals surface area contributed by atoms with Crippen molar-refractivity contribution in [1.29, 1.82) is 0 Å². The third-order valence-electron chi connectivity index (χ3n) is 5.52. The van der Waals surface area contributed by atoms with Gasteiger partial charge in [-0.15, -0.1) is 0 Å². The summed E-state index contributed by atoms with van der Waals surface area (Å²) in [5, 5.41) is 10.1. The van der Waals surface area contributed by atoms with Crippen molar-refractivity contribution in [3.8, 4) is 0 Å². The van der Waals surface area contributed by atoms with Gasteiger partial charge in [0.1, 0.15) is 5.60 Å². The van der Waals surface area contributed by atoms with Crippen LogP contribution in [0.2, 0.25) is 0 Å². The summed E-state index contributed by atoms with van der Waals surface area (Å²) in [4.78, 5) is 38.4. The minimum absolute atomic E-state index is 0.156. The lowest BCUT2D eigenvalue weighted by Gasteiger charge is -2.36. The van der Waals surface area contributed by atoms with E-state index in [1.807, 2.05) is 30.3 Å². The van der Waals surface area contributed by atoms with Crippen molar-refractivity contribution in [3.05, 3.63) is 48.3 Å². The maximum absolute atomic E-state index is 13.6. The number of amides is 3. The zero-order chi connectivity index (χ0) is 24.7. The zero-order valence-electron chi connectivity index (χ0n) is 20.1. The van der Waals surface area contributed by atoms with Crippen molar-refractivity contribution in [2.45, 2.75) is 51.8 Å². The van der Waals surface area contributed by atoms with Gasteiger partial charge in [0.05, 0.1) is 12.2 Å². The van der Waals surface area contributed by atoms with E-state index in [2.05, 4.69) is 25.7 Å². The Hall–Kier alpha value is -4.15. The van der Waals surface area contributed by atoms with Gasteiger partial charge in [0.2, 0.25) is 5.95 Å². The molecule has 1 aliphatic heterocycles. The standard InChI is InChI=1S/C24H28N8O3/c1-24(2,3)35-22(33)26-16-6-5-7-18(12-16)32-20-15(14-31(23(32)34)17-8-9-17)13-25-21(28-20)27-19-10-11-30(4)29-19/h5-7,10-13,17H,8-9,14H2,1-4H3,(H,26,33)(H,25,27,28,29). The molecule has 182 valence electrons.